The van der Waals surface area contributed by atoms with Gasteiger partial charge in [-0.2, -0.15) is 5.10 Å². The summed E-state index contributed by atoms with van der Waals surface area (Å²) in [6.45, 7) is 1.24. The number of thioether (sulfide) groups is 1. The molecule has 0 bridgehead atoms. The number of carbonyl (C=O) groups excluding carboxylic acids is 2. The third kappa shape index (κ3) is 4.83. The smallest absolute Gasteiger partial charge is 0.242 e. The van der Waals surface area contributed by atoms with Gasteiger partial charge in [0.2, 0.25) is 11.8 Å². The fourth-order valence-corrected chi connectivity index (χ4v) is 6.69. The first kappa shape index (κ1) is 25.6. The molecule has 2 aliphatic heterocycles. The molecule has 6 rings (SSSR count). The van der Waals surface area contributed by atoms with Crippen molar-refractivity contribution in [1.29, 1.82) is 0 Å². The zero-order chi connectivity index (χ0) is 26.9. The van der Waals surface area contributed by atoms with E-state index >= 15 is 4.39 Å². The zero-order valence-electron chi connectivity index (χ0n) is 21.1. The molecule has 0 unspecified atom stereocenters. The average molecular weight is 561 g/mol. The molecule has 1 saturated heterocycles. The number of para-hydroxylation sites is 1. The molecule has 9 heteroatoms. The summed E-state index contributed by atoms with van der Waals surface area (Å²) in [5.74, 6) is -0.190. The fraction of sp³-hybridized carbons (Fsp3) is 0.233. The summed E-state index contributed by atoms with van der Waals surface area (Å²) in [5, 5.41) is 4.91. The van der Waals surface area contributed by atoms with E-state index in [4.69, 9.17) is 16.7 Å². The summed E-state index contributed by atoms with van der Waals surface area (Å²) in [7, 11) is 0. The average Bonchev–Trinajstić information content (AvgIpc) is 3.60. The molecule has 3 heterocycles. The Bertz CT molecular complexity index is 1540. The Balaban J connectivity index is 1.63. The van der Waals surface area contributed by atoms with Gasteiger partial charge >= 0.3 is 0 Å². The Morgan fingerprint density at radius 1 is 0.974 bits per heavy atom. The van der Waals surface area contributed by atoms with Crippen molar-refractivity contribution in [3.8, 4) is 16.9 Å². The number of hydrogen-bond acceptors (Lipinski definition) is 4. The van der Waals surface area contributed by atoms with Crippen LogP contribution < -0.4 is 4.90 Å². The molecule has 1 fully saturated rings. The summed E-state index contributed by atoms with van der Waals surface area (Å²) in [6, 6.07) is 23.5. The van der Waals surface area contributed by atoms with Crippen LogP contribution in [0.4, 0.5) is 10.2 Å². The first-order valence-electron chi connectivity index (χ1n) is 12.9. The Labute approximate surface area is 235 Å². The van der Waals surface area contributed by atoms with E-state index < -0.39 is 5.25 Å². The van der Waals surface area contributed by atoms with Gasteiger partial charge in [-0.3, -0.25) is 14.5 Å². The van der Waals surface area contributed by atoms with Crippen molar-refractivity contribution in [2.24, 2.45) is 0 Å². The maximum Gasteiger partial charge on any atom is 0.242 e. The molecule has 1 aromatic heterocycles. The monoisotopic (exact) mass is 560 g/mol. The molecular formula is C30H26ClFN4O2S. The number of likely N-dealkylation sites (tertiary alicyclic amines) is 1. The molecule has 39 heavy (non-hydrogen) atoms. The molecule has 0 radical (unpaired) electrons. The van der Waals surface area contributed by atoms with Crippen LogP contribution in [0.1, 0.15) is 29.2 Å². The topological polar surface area (TPSA) is 58.4 Å². The van der Waals surface area contributed by atoms with Gasteiger partial charge in [0.15, 0.2) is 0 Å². The van der Waals surface area contributed by atoms with Gasteiger partial charge in [0.1, 0.15) is 18.2 Å². The highest BCUT2D eigenvalue weighted by atomic mass is 35.5. The summed E-state index contributed by atoms with van der Waals surface area (Å²) in [4.78, 5) is 30.5. The van der Waals surface area contributed by atoms with E-state index in [1.54, 1.807) is 33.8 Å². The summed E-state index contributed by atoms with van der Waals surface area (Å²) in [6.07, 6.45) is 1.90. The molecule has 198 valence electrons. The van der Waals surface area contributed by atoms with Crippen molar-refractivity contribution < 1.29 is 14.0 Å². The van der Waals surface area contributed by atoms with Gasteiger partial charge in [-0.15, -0.1) is 11.8 Å². The molecule has 3 aromatic carbocycles. The van der Waals surface area contributed by atoms with E-state index in [1.165, 1.54) is 22.7 Å². The van der Waals surface area contributed by atoms with Crippen molar-refractivity contribution in [2.75, 3.05) is 30.3 Å². The molecule has 0 aliphatic carbocycles. The van der Waals surface area contributed by atoms with E-state index in [2.05, 4.69) is 0 Å². The second-order valence-electron chi connectivity index (χ2n) is 9.60. The van der Waals surface area contributed by atoms with Crippen LogP contribution in [-0.2, 0) is 9.59 Å². The van der Waals surface area contributed by atoms with E-state index in [0.29, 0.717) is 46.4 Å². The fourth-order valence-electron chi connectivity index (χ4n) is 5.25. The maximum atomic E-state index is 15.3. The lowest BCUT2D eigenvalue weighted by Gasteiger charge is -2.25. The third-order valence-corrected chi connectivity index (χ3v) is 8.71. The minimum absolute atomic E-state index is 0.0811. The minimum Gasteiger partial charge on any atom is -0.341 e. The Kier molecular flexibility index (Phi) is 7.14. The van der Waals surface area contributed by atoms with Gasteiger partial charge in [0, 0.05) is 29.8 Å². The normalized spacial score (nSPS) is 17.3. The number of nitrogens with zero attached hydrogens (tertiary/aromatic N) is 4. The SMILES string of the molecule is O=C(CN1C(=O)CS[C@@H](c2ccccc2F)c2c(-c3ccccc3)nn(-c3ccccc3Cl)c21)N1CCCC1. The number of fused-ring (bicyclic) bond motifs is 1. The molecule has 2 aliphatic rings. The Morgan fingerprint density at radius 3 is 2.41 bits per heavy atom. The molecule has 1 atom stereocenters. The molecule has 2 amide bonds. The maximum absolute atomic E-state index is 15.3. The predicted molar refractivity (Wildman–Crippen MR) is 153 cm³/mol. The number of halogens is 2. The lowest BCUT2D eigenvalue weighted by molar-refractivity contribution is -0.130. The van der Waals surface area contributed by atoms with Crippen LogP contribution in [0, 0.1) is 5.82 Å². The van der Waals surface area contributed by atoms with E-state index in [9.17, 15) is 9.59 Å². The number of amides is 2. The van der Waals surface area contributed by atoms with Crippen LogP contribution in [0.15, 0.2) is 78.9 Å². The van der Waals surface area contributed by atoms with Crippen molar-refractivity contribution in [1.82, 2.24) is 14.7 Å². The van der Waals surface area contributed by atoms with Gasteiger partial charge in [0.25, 0.3) is 0 Å². The predicted octanol–water partition coefficient (Wildman–Crippen LogP) is 6.12. The molecule has 0 spiro atoms. The van der Waals surface area contributed by atoms with E-state index in [1.807, 2.05) is 48.5 Å². The van der Waals surface area contributed by atoms with Gasteiger partial charge in [-0.05, 0) is 31.0 Å². The Hall–Kier alpha value is -3.62. The second kappa shape index (κ2) is 10.9. The molecule has 0 N–H and O–H groups in total. The highest BCUT2D eigenvalue weighted by Crippen LogP contribution is 2.49. The van der Waals surface area contributed by atoms with Crippen molar-refractivity contribution >= 4 is 41.0 Å². The van der Waals surface area contributed by atoms with Crippen LogP contribution in [0.2, 0.25) is 5.02 Å². The lowest BCUT2D eigenvalue weighted by Crippen LogP contribution is -2.43. The van der Waals surface area contributed by atoms with Crippen LogP contribution in [-0.4, -0.2) is 51.9 Å². The largest absolute Gasteiger partial charge is 0.341 e. The quantitative estimate of drug-likeness (QED) is 0.295. The standard InChI is InChI=1S/C30H26ClFN4O2S/c31-22-13-5-7-15-24(22)36-30-27(28(33-36)20-10-2-1-3-11-20)29(21-12-4-6-14-23(21)32)39-19-26(38)35(30)18-25(37)34-16-8-9-17-34/h1-7,10-15,29H,8-9,16-19H2/t29-/m0/s1. The first-order chi connectivity index (χ1) is 19.0. The molecule has 4 aromatic rings. The number of anilines is 1. The van der Waals surface area contributed by atoms with Crippen LogP contribution in [0.5, 0.6) is 0 Å². The summed E-state index contributed by atoms with van der Waals surface area (Å²) < 4.78 is 17.0. The zero-order valence-corrected chi connectivity index (χ0v) is 22.7. The number of hydrogen-bond donors (Lipinski definition) is 0. The second-order valence-corrected chi connectivity index (χ2v) is 11.1. The van der Waals surface area contributed by atoms with Crippen molar-refractivity contribution in [2.45, 2.75) is 18.1 Å². The number of rotatable bonds is 5. The Morgan fingerprint density at radius 2 is 1.67 bits per heavy atom. The van der Waals surface area contributed by atoms with Gasteiger partial charge in [-0.1, -0.05) is 72.3 Å². The number of benzene rings is 3. The lowest BCUT2D eigenvalue weighted by atomic mass is 9.99. The highest BCUT2D eigenvalue weighted by Gasteiger charge is 2.39. The van der Waals surface area contributed by atoms with Gasteiger partial charge < -0.3 is 4.90 Å². The van der Waals surface area contributed by atoms with Crippen LogP contribution in [0.25, 0.3) is 16.9 Å². The van der Waals surface area contributed by atoms with Gasteiger partial charge in [0.05, 0.1) is 27.4 Å². The molecular weight excluding hydrogens is 535 g/mol. The number of carbonyl (C=O) groups is 2. The number of aromatic nitrogens is 2. The summed E-state index contributed by atoms with van der Waals surface area (Å²) in [5.41, 5.74) is 3.14. The van der Waals surface area contributed by atoms with E-state index in [-0.39, 0.29) is 29.9 Å². The highest BCUT2D eigenvalue weighted by molar-refractivity contribution is 8.00. The molecule has 0 saturated carbocycles. The van der Waals surface area contributed by atoms with Gasteiger partial charge in [-0.25, -0.2) is 9.07 Å². The third-order valence-electron chi connectivity index (χ3n) is 7.16. The van der Waals surface area contributed by atoms with Crippen LogP contribution in [0.3, 0.4) is 0 Å². The minimum atomic E-state index is -0.538. The van der Waals surface area contributed by atoms with Crippen LogP contribution >= 0.6 is 23.4 Å². The summed E-state index contributed by atoms with van der Waals surface area (Å²) >= 11 is 8.01. The van der Waals surface area contributed by atoms with Crippen molar-refractivity contribution in [3.63, 3.8) is 0 Å². The molecule has 6 nitrogen and oxygen atoms in total. The van der Waals surface area contributed by atoms with Crippen molar-refractivity contribution in [3.05, 3.63) is 101 Å². The van der Waals surface area contributed by atoms with E-state index in [0.717, 1.165) is 18.4 Å². The first-order valence-corrected chi connectivity index (χ1v) is 14.3.